The second-order valence-electron chi connectivity index (χ2n) is 5.75. The lowest BCUT2D eigenvalue weighted by Gasteiger charge is -2.30. The smallest absolute Gasteiger partial charge is 0.252 e. The van der Waals surface area contributed by atoms with E-state index in [9.17, 15) is 22.0 Å². The van der Waals surface area contributed by atoms with Gasteiger partial charge in [-0.1, -0.05) is 6.07 Å². The molecule has 2 aromatic rings. The molecule has 9 heteroatoms. The number of benzene rings is 1. The molecule has 0 aliphatic carbocycles. The van der Waals surface area contributed by atoms with E-state index >= 15 is 0 Å². The van der Waals surface area contributed by atoms with Gasteiger partial charge < -0.3 is 5.32 Å². The molecule has 0 spiro atoms. The number of piperidine rings is 1. The first-order valence-electron chi connectivity index (χ1n) is 7.67. The minimum atomic E-state index is -3.61. The second kappa shape index (κ2) is 7.19. The molecule has 1 aliphatic heterocycles. The largest absolute Gasteiger partial charge is 0.326 e. The summed E-state index contributed by atoms with van der Waals surface area (Å²) in [5.74, 6) is -3.00. The van der Waals surface area contributed by atoms with Crippen molar-refractivity contribution in [2.75, 3.05) is 18.4 Å². The van der Waals surface area contributed by atoms with Crippen LogP contribution in [0.15, 0.2) is 39.9 Å². The number of thiophene rings is 1. The van der Waals surface area contributed by atoms with Gasteiger partial charge in [-0.25, -0.2) is 17.2 Å². The van der Waals surface area contributed by atoms with Gasteiger partial charge in [0.05, 0.1) is 5.92 Å². The van der Waals surface area contributed by atoms with Crippen LogP contribution < -0.4 is 5.32 Å². The molecule has 134 valence electrons. The van der Waals surface area contributed by atoms with E-state index in [1.165, 1.54) is 16.4 Å². The number of nitrogens with zero attached hydrogens (tertiary/aromatic N) is 1. The number of carbonyl (C=O) groups is 1. The minimum Gasteiger partial charge on any atom is -0.326 e. The van der Waals surface area contributed by atoms with Gasteiger partial charge in [0.15, 0.2) is 11.6 Å². The molecule has 0 unspecified atom stereocenters. The van der Waals surface area contributed by atoms with E-state index in [2.05, 4.69) is 5.32 Å². The van der Waals surface area contributed by atoms with Gasteiger partial charge in [-0.05, 0) is 36.4 Å². The van der Waals surface area contributed by atoms with Gasteiger partial charge in [-0.2, -0.15) is 4.31 Å². The Morgan fingerprint density at radius 2 is 2.04 bits per heavy atom. The summed E-state index contributed by atoms with van der Waals surface area (Å²) in [5, 5.41) is 4.21. The van der Waals surface area contributed by atoms with Crippen molar-refractivity contribution in [3.8, 4) is 0 Å². The number of sulfonamides is 1. The fourth-order valence-electron chi connectivity index (χ4n) is 2.73. The third-order valence-electron chi connectivity index (χ3n) is 4.03. The number of nitrogens with one attached hydrogen (secondary N) is 1. The molecular weight excluding hydrogens is 370 g/mol. The lowest BCUT2D eigenvalue weighted by Crippen LogP contribution is -2.43. The van der Waals surface area contributed by atoms with Crippen molar-refractivity contribution >= 4 is 33.0 Å². The maximum Gasteiger partial charge on any atom is 0.252 e. The highest BCUT2D eigenvalue weighted by Gasteiger charge is 2.33. The van der Waals surface area contributed by atoms with Crippen LogP contribution in [0.5, 0.6) is 0 Å². The first-order valence-corrected chi connectivity index (χ1v) is 9.99. The molecule has 1 fully saturated rings. The van der Waals surface area contributed by atoms with Crippen molar-refractivity contribution in [3.63, 3.8) is 0 Å². The van der Waals surface area contributed by atoms with E-state index in [0.717, 1.165) is 23.5 Å². The van der Waals surface area contributed by atoms with Crippen LogP contribution in [0.3, 0.4) is 0 Å². The summed E-state index contributed by atoms with van der Waals surface area (Å²) in [6.45, 7) is 0.422. The van der Waals surface area contributed by atoms with E-state index in [1.54, 1.807) is 11.4 Å². The maximum absolute atomic E-state index is 13.2. The molecule has 2 heterocycles. The van der Waals surface area contributed by atoms with Gasteiger partial charge in [0.2, 0.25) is 5.91 Å². The summed E-state index contributed by atoms with van der Waals surface area (Å²) in [6.07, 6.45) is 1.09. The van der Waals surface area contributed by atoms with E-state index in [-0.39, 0.29) is 16.4 Å². The fraction of sp³-hybridized carbons (Fsp3) is 0.312. The normalized spacial score (nSPS) is 18.9. The molecule has 0 bridgehead atoms. The highest BCUT2D eigenvalue weighted by molar-refractivity contribution is 7.91. The van der Waals surface area contributed by atoms with Crippen molar-refractivity contribution < 1.29 is 22.0 Å². The Balaban J connectivity index is 1.70. The Kier molecular flexibility index (Phi) is 5.16. The molecule has 1 aliphatic rings. The maximum atomic E-state index is 13.2. The van der Waals surface area contributed by atoms with E-state index in [4.69, 9.17) is 0 Å². The van der Waals surface area contributed by atoms with E-state index in [0.29, 0.717) is 19.4 Å². The molecule has 0 saturated carbocycles. The minimum absolute atomic E-state index is 0.0652. The number of rotatable bonds is 4. The Morgan fingerprint density at radius 1 is 1.24 bits per heavy atom. The average molecular weight is 386 g/mol. The zero-order chi connectivity index (χ0) is 18.0. The molecule has 1 amide bonds. The van der Waals surface area contributed by atoms with Gasteiger partial charge in [-0.15, -0.1) is 11.3 Å². The van der Waals surface area contributed by atoms with Crippen molar-refractivity contribution in [2.24, 2.45) is 5.92 Å². The molecule has 5 nitrogen and oxygen atoms in total. The number of halogens is 2. The number of anilines is 1. The lowest BCUT2D eigenvalue weighted by molar-refractivity contribution is -0.120. The monoisotopic (exact) mass is 386 g/mol. The van der Waals surface area contributed by atoms with Crippen LogP contribution in [0.1, 0.15) is 12.8 Å². The quantitative estimate of drug-likeness (QED) is 0.878. The van der Waals surface area contributed by atoms with Crippen molar-refractivity contribution in [1.29, 1.82) is 0 Å². The fourth-order valence-corrected chi connectivity index (χ4v) is 5.40. The van der Waals surface area contributed by atoms with Crippen molar-refractivity contribution in [2.45, 2.75) is 17.1 Å². The Bertz CT molecular complexity index is 870. The SMILES string of the molecule is O=C(Nc1ccc(F)c(F)c1)[C@@H]1CCCN(S(=O)(=O)c2cccs2)C1. The van der Waals surface area contributed by atoms with E-state index < -0.39 is 33.5 Å². The van der Waals surface area contributed by atoms with Crippen molar-refractivity contribution in [1.82, 2.24) is 4.31 Å². The second-order valence-corrected chi connectivity index (χ2v) is 8.86. The summed E-state index contributed by atoms with van der Waals surface area (Å²) >= 11 is 1.13. The molecule has 25 heavy (non-hydrogen) atoms. The molecule has 1 N–H and O–H groups in total. The van der Waals surface area contributed by atoms with Gasteiger partial charge in [0, 0.05) is 24.8 Å². The first kappa shape index (κ1) is 18.0. The zero-order valence-electron chi connectivity index (χ0n) is 13.1. The standard InChI is InChI=1S/C16H16F2N2O3S2/c17-13-6-5-12(9-14(13)18)19-16(21)11-3-1-7-20(10-11)25(22,23)15-4-2-8-24-15/h2,4-6,8-9,11H,1,3,7,10H2,(H,19,21)/t11-/m1/s1. The van der Waals surface area contributed by atoms with Gasteiger partial charge >= 0.3 is 0 Å². The Hall–Kier alpha value is -1.84. The molecule has 1 aromatic heterocycles. The molecule has 0 radical (unpaired) electrons. The number of amides is 1. The topological polar surface area (TPSA) is 66.5 Å². The van der Waals surface area contributed by atoms with Crippen LogP contribution in [0.4, 0.5) is 14.5 Å². The average Bonchev–Trinajstić information content (AvgIpc) is 3.14. The zero-order valence-corrected chi connectivity index (χ0v) is 14.7. The number of hydrogen-bond acceptors (Lipinski definition) is 4. The highest BCUT2D eigenvalue weighted by Crippen LogP contribution is 2.27. The van der Waals surface area contributed by atoms with Gasteiger partial charge in [0.25, 0.3) is 10.0 Å². The number of carbonyl (C=O) groups excluding carboxylic acids is 1. The van der Waals surface area contributed by atoms with Crippen molar-refractivity contribution in [3.05, 3.63) is 47.3 Å². The molecule has 1 aromatic carbocycles. The van der Waals surface area contributed by atoms with E-state index in [1.807, 2.05) is 0 Å². The van der Waals surface area contributed by atoms with Crippen LogP contribution in [0.25, 0.3) is 0 Å². The van der Waals surface area contributed by atoms with Gasteiger partial charge in [0.1, 0.15) is 4.21 Å². The van der Waals surface area contributed by atoms with Gasteiger partial charge in [-0.3, -0.25) is 4.79 Å². The molecule has 1 atom stereocenters. The van der Waals surface area contributed by atoms with Crippen LogP contribution in [-0.2, 0) is 14.8 Å². The molecule has 3 rings (SSSR count). The summed E-state index contributed by atoms with van der Waals surface area (Å²) in [6, 6.07) is 6.29. The Labute approximate surface area is 148 Å². The van der Waals surface area contributed by atoms with Crippen LogP contribution in [-0.4, -0.2) is 31.7 Å². The summed E-state index contributed by atoms with van der Waals surface area (Å²) in [7, 11) is -3.61. The third-order valence-corrected chi connectivity index (χ3v) is 7.27. The van der Waals surface area contributed by atoms with Crippen LogP contribution >= 0.6 is 11.3 Å². The van der Waals surface area contributed by atoms with Crippen LogP contribution in [0.2, 0.25) is 0 Å². The summed E-state index contributed by atoms with van der Waals surface area (Å²) in [4.78, 5) is 12.4. The number of hydrogen-bond donors (Lipinski definition) is 1. The lowest BCUT2D eigenvalue weighted by atomic mass is 9.98. The predicted octanol–water partition coefficient (Wildman–Crippen LogP) is 3.07. The third kappa shape index (κ3) is 3.88. The molecule has 1 saturated heterocycles. The molecular formula is C16H16F2N2O3S2. The first-order chi connectivity index (χ1) is 11.9. The summed E-state index contributed by atoms with van der Waals surface area (Å²) < 4.78 is 52.9. The Morgan fingerprint density at radius 3 is 2.72 bits per heavy atom. The van der Waals surface area contributed by atoms with Crippen LogP contribution in [0, 0.1) is 17.6 Å². The predicted molar refractivity (Wildman–Crippen MR) is 90.8 cm³/mol. The highest BCUT2D eigenvalue weighted by atomic mass is 32.2. The summed E-state index contributed by atoms with van der Waals surface area (Å²) in [5.41, 5.74) is 0.141.